The lowest BCUT2D eigenvalue weighted by Gasteiger charge is -2.34. The Morgan fingerprint density at radius 1 is 1.12 bits per heavy atom. The van der Waals surface area contributed by atoms with E-state index in [-0.39, 0.29) is 16.6 Å². The number of piperidine rings is 1. The molecule has 1 aromatic heterocycles. The zero-order chi connectivity index (χ0) is 23.1. The molecule has 174 valence electrons. The highest BCUT2D eigenvalue weighted by Gasteiger charge is 2.37. The first-order chi connectivity index (χ1) is 15.0. The molecule has 1 fully saturated rings. The molecule has 0 spiro atoms. The highest BCUT2D eigenvalue weighted by molar-refractivity contribution is 7.98. The Labute approximate surface area is 190 Å². The molecule has 0 aliphatic carbocycles. The molecule has 1 saturated heterocycles. The van der Waals surface area contributed by atoms with E-state index in [0.29, 0.717) is 43.7 Å². The standard InChI is InChI=1S/C23H29F3N4OS/c1-22(2,3)32-30-13-10-19-17(14-30)20(28-27-19)21(31)29-11-8-15(9-12-29)16-6-4-5-7-18(16)23(24,25)26/h4-7,15H,8-14H2,1-3H3,(H,27,28). The van der Waals surface area contributed by atoms with Crippen molar-refractivity contribution in [1.82, 2.24) is 19.4 Å². The largest absolute Gasteiger partial charge is 0.416 e. The number of benzene rings is 1. The van der Waals surface area contributed by atoms with E-state index in [2.05, 4.69) is 35.3 Å². The molecule has 4 rings (SSSR count). The minimum atomic E-state index is -4.37. The highest BCUT2D eigenvalue weighted by Crippen LogP contribution is 2.39. The molecular weight excluding hydrogens is 437 g/mol. The molecule has 5 nitrogen and oxygen atoms in total. The highest BCUT2D eigenvalue weighted by atomic mass is 32.2. The number of H-pyrrole nitrogens is 1. The monoisotopic (exact) mass is 466 g/mol. The molecule has 1 amide bonds. The number of carbonyl (C=O) groups excluding carboxylic acids is 1. The Bertz CT molecular complexity index is 974. The van der Waals surface area contributed by atoms with Gasteiger partial charge in [-0.1, -0.05) is 30.1 Å². The maximum Gasteiger partial charge on any atom is 0.416 e. The summed E-state index contributed by atoms with van der Waals surface area (Å²) in [5.41, 5.74) is 2.17. The van der Waals surface area contributed by atoms with Gasteiger partial charge in [-0.15, -0.1) is 0 Å². The maximum absolute atomic E-state index is 13.4. The van der Waals surface area contributed by atoms with E-state index < -0.39 is 11.7 Å². The maximum atomic E-state index is 13.4. The van der Waals surface area contributed by atoms with Crippen molar-refractivity contribution >= 4 is 17.9 Å². The topological polar surface area (TPSA) is 52.2 Å². The number of fused-ring (bicyclic) bond motifs is 1. The Kier molecular flexibility index (Phi) is 6.33. The summed E-state index contributed by atoms with van der Waals surface area (Å²) in [5, 5.41) is 7.36. The van der Waals surface area contributed by atoms with Crippen LogP contribution in [0.4, 0.5) is 13.2 Å². The van der Waals surface area contributed by atoms with Gasteiger partial charge in [0.05, 0.1) is 5.56 Å². The number of hydrogen-bond acceptors (Lipinski definition) is 4. The van der Waals surface area contributed by atoms with Gasteiger partial charge in [-0.3, -0.25) is 9.89 Å². The molecule has 0 bridgehead atoms. The molecule has 32 heavy (non-hydrogen) atoms. The quantitative estimate of drug-likeness (QED) is 0.628. The van der Waals surface area contributed by atoms with Crippen molar-refractivity contribution in [1.29, 1.82) is 0 Å². The average Bonchev–Trinajstić information content (AvgIpc) is 3.15. The first-order valence-electron chi connectivity index (χ1n) is 11.0. The van der Waals surface area contributed by atoms with Gasteiger partial charge in [0.25, 0.3) is 5.91 Å². The molecule has 0 unspecified atom stereocenters. The number of hydrogen-bond donors (Lipinski definition) is 1. The van der Waals surface area contributed by atoms with Gasteiger partial charge in [0, 0.05) is 48.6 Å². The van der Waals surface area contributed by atoms with E-state index in [0.717, 1.165) is 30.3 Å². The van der Waals surface area contributed by atoms with Crippen molar-refractivity contribution < 1.29 is 18.0 Å². The van der Waals surface area contributed by atoms with Gasteiger partial charge in [-0.05, 0) is 51.2 Å². The number of carbonyl (C=O) groups is 1. The lowest BCUT2D eigenvalue weighted by atomic mass is 9.86. The first-order valence-corrected chi connectivity index (χ1v) is 11.8. The van der Waals surface area contributed by atoms with Crippen LogP contribution in [0.15, 0.2) is 24.3 Å². The van der Waals surface area contributed by atoms with Crippen LogP contribution in [-0.2, 0) is 19.1 Å². The Morgan fingerprint density at radius 2 is 1.81 bits per heavy atom. The van der Waals surface area contributed by atoms with Crippen LogP contribution >= 0.6 is 11.9 Å². The van der Waals surface area contributed by atoms with E-state index >= 15 is 0 Å². The summed E-state index contributed by atoms with van der Waals surface area (Å²) in [6.45, 7) is 8.90. The first kappa shape index (κ1) is 23.2. The van der Waals surface area contributed by atoms with Crippen LogP contribution in [0.3, 0.4) is 0 Å². The minimum absolute atomic E-state index is 0.0833. The minimum Gasteiger partial charge on any atom is -0.337 e. The van der Waals surface area contributed by atoms with Gasteiger partial charge >= 0.3 is 6.18 Å². The number of amides is 1. The second kappa shape index (κ2) is 8.74. The lowest BCUT2D eigenvalue weighted by molar-refractivity contribution is -0.138. The third kappa shape index (κ3) is 4.98. The van der Waals surface area contributed by atoms with E-state index in [4.69, 9.17) is 0 Å². The van der Waals surface area contributed by atoms with Crippen molar-refractivity contribution in [2.75, 3.05) is 19.6 Å². The van der Waals surface area contributed by atoms with Crippen LogP contribution in [0.1, 0.15) is 72.4 Å². The number of likely N-dealkylation sites (tertiary alicyclic amines) is 1. The van der Waals surface area contributed by atoms with E-state index in [1.54, 1.807) is 29.0 Å². The van der Waals surface area contributed by atoms with Crippen molar-refractivity contribution in [3.8, 4) is 0 Å². The molecule has 0 radical (unpaired) electrons. The van der Waals surface area contributed by atoms with Crippen molar-refractivity contribution in [3.63, 3.8) is 0 Å². The SMILES string of the molecule is CC(C)(C)SN1CCc2[nH]nc(C(=O)N3CCC(c4ccccc4C(F)(F)F)CC3)c2C1. The summed E-state index contributed by atoms with van der Waals surface area (Å²) in [4.78, 5) is 15.0. The molecule has 2 aliphatic heterocycles. The number of nitrogens with one attached hydrogen (secondary N) is 1. The van der Waals surface area contributed by atoms with Crippen molar-refractivity contribution in [2.24, 2.45) is 0 Å². The average molecular weight is 467 g/mol. The van der Waals surface area contributed by atoms with Crippen LogP contribution in [0.25, 0.3) is 0 Å². The molecular formula is C23H29F3N4OS. The fourth-order valence-electron chi connectivity index (χ4n) is 4.57. The number of halogens is 3. The van der Waals surface area contributed by atoms with Crippen LogP contribution in [0.5, 0.6) is 0 Å². The smallest absolute Gasteiger partial charge is 0.337 e. The second-order valence-electron chi connectivity index (χ2n) is 9.50. The molecule has 0 saturated carbocycles. The fraction of sp³-hybridized carbons (Fsp3) is 0.565. The van der Waals surface area contributed by atoms with Gasteiger partial charge in [0.15, 0.2) is 5.69 Å². The molecule has 3 heterocycles. The summed E-state index contributed by atoms with van der Waals surface area (Å²) in [6, 6.07) is 5.78. The van der Waals surface area contributed by atoms with Crippen LogP contribution in [0, 0.1) is 0 Å². The summed E-state index contributed by atoms with van der Waals surface area (Å²) in [7, 11) is 0. The molecule has 1 aromatic carbocycles. The normalized spacial score (nSPS) is 18.6. The number of aromatic nitrogens is 2. The Balaban J connectivity index is 1.44. The summed E-state index contributed by atoms with van der Waals surface area (Å²) in [6.07, 6.45) is -2.53. The third-order valence-corrected chi connectivity index (χ3v) is 7.11. The van der Waals surface area contributed by atoms with E-state index in [1.165, 1.54) is 6.07 Å². The lowest BCUT2D eigenvalue weighted by Crippen LogP contribution is -2.39. The second-order valence-corrected chi connectivity index (χ2v) is 11.4. The predicted molar refractivity (Wildman–Crippen MR) is 119 cm³/mol. The van der Waals surface area contributed by atoms with Gasteiger partial charge in [0.1, 0.15) is 0 Å². The fourth-order valence-corrected chi connectivity index (χ4v) is 5.72. The summed E-state index contributed by atoms with van der Waals surface area (Å²) in [5.74, 6) is -0.337. The molecule has 9 heteroatoms. The van der Waals surface area contributed by atoms with Crippen molar-refractivity contribution in [3.05, 3.63) is 52.3 Å². The van der Waals surface area contributed by atoms with Gasteiger partial charge in [-0.2, -0.15) is 18.3 Å². The number of rotatable bonds is 3. The van der Waals surface area contributed by atoms with Gasteiger partial charge in [0.2, 0.25) is 0 Å². The van der Waals surface area contributed by atoms with E-state index in [1.807, 2.05) is 0 Å². The van der Waals surface area contributed by atoms with Gasteiger partial charge in [-0.25, -0.2) is 4.31 Å². The number of aromatic amines is 1. The zero-order valence-electron chi connectivity index (χ0n) is 18.6. The molecule has 2 aromatic rings. The van der Waals surface area contributed by atoms with Crippen LogP contribution in [-0.4, -0.2) is 49.7 Å². The van der Waals surface area contributed by atoms with Crippen LogP contribution in [0.2, 0.25) is 0 Å². The molecule has 2 aliphatic rings. The Morgan fingerprint density at radius 3 is 2.47 bits per heavy atom. The Hall–Kier alpha value is -2.00. The number of alkyl halides is 3. The summed E-state index contributed by atoms with van der Waals surface area (Å²) >= 11 is 1.78. The van der Waals surface area contributed by atoms with E-state index in [9.17, 15) is 18.0 Å². The molecule has 1 N–H and O–H groups in total. The molecule has 0 atom stereocenters. The predicted octanol–water partition coefficient (Wildman–Crippen LogP) is 5.25. The summed E-state index contributed by atoms with van der Waals surface area (Å²) < 4.78 is 42.6. The van der Waals surface area contributed by atoms with Crippen LogP contribution < -0.4 is 0 Å². The zero-order valence-corrected chi connectivity index (χ0v) is 19.4. The number of nitrogens with zero attached hydrogens (tertiary/aromatic N) is 3. The van der Waals surface area contributed by atoms with Gasteiger partial charge < -0.3 is 4.90 Å². The van der Waals surface area contributed by atoms with Crippen molar-refractivity contribution in [2.45, 2.75) is 63.4 Å². The third-order valence-electron chi connectivity index (χ3n) is 5.99.